The van der Waals surface area contributed by atoms with Crippen LogP contribution in [0.2, 0.25) is 25.7 Å². The van der Waals surface area contributed by atoms with Gasteiger partial charge in [-0.1, -0.05) is 25.7 Å². The molecular weight excluding hydrogens is 558 g/mol. The Kier molecular flexibility index (Phi) is 13.0. The third kappa shape index (κ3) is 12.2. The SMILES string of the molecule is CNCCCc1cc(NC(=O)OC)ccc1-c1cn(COCC[Si](C)(C)C)c(C(CC(=O)O)NC(=O)OC(C)(C)C)n1. The summed E-state index contributed by atoms with van der Waals surface area (Å²) in [5, 5.41) is 18.2. The minimum Gasteiger partial charge on any atom is -0.481 e. The highest BCUT2D eigenvalue weighted by molar-refractivity contribution is 6.76. The number of aromatic nitrogens is 2. The molecule has 1 aromatic carbocycles. The molecule has 0 saturated carbocycles. The van der Waals surface area contributed by atoms with Gasteiger partial charge in [-0.15, -0.1) is 0 Å². The average molecular weight is 606 g/mol. The summed E-state index contributed by atoms with van der Waals surface area (Å²) in [6, 6.07) is 5.47. The number of hydrogen-bond acceptors (Lipinski definition) is 8. The van der Waals surface area contributed by atoms with Crippen LogP contribution in [0, 0.1) is 0 Å². The Balaban J connectivity index is 2.55. The molecule has 42 heavy (non-hydrogen) atoms. The molecule has 2 amide bonds. The van der Waals surface area contributed by atoms with E-state index in [0.29, 0.717) is 30.2 Å². The number of hydrogen-bond donors (Lipinski definition) is 4. The Bertz CT molecular complexity index is 1200. The predicted octanol–water partition coefficient (Wildman–Crippen LogP) is 5.23. The van der Waals surface area contributed by atoms with E-state index in [1.165, 1.54) is 7.11 Å². The molecule has 0 spiro atoms. The van der Waals surface area contributed by atoms with Crippen LogP contribution in [0.3, 0.4) is 0 Å². The Labute approximate surface area is 249 Å². The van der Waals surface area contributed by atoms with Crippen LogP contribution in [-0.2, 0) is 32.2 Å². The third-order valence-corrected chi connectivity index (χ3v) is 7.81. The van der Waals surface area contributed by atoms with Crippen molar-refractivity contribution in [3.05, 3.63) is 35.8 Å². The lowest BCUT2D eigenvalue weighted by atomic mass is 9.99. The maximum atomic E-state index is 12.7. The number of methoxy groups -OCH3 is 1. The van der Waals surface area contributed by atoms with E-state index >= 15 is 0 Å². The number of benzene rings is 1. The lowest BCUT2D eigenvalue weighted by molar-refractivity contribution is -0.137. The van der Waals surface area contributed by atoms with Gasteiger partial charge in [0.2, 0.25) is 0 Å². The highest BCUT2D eigenvalue weighted by atomic mass is 28.3. The summed E-state index contributed by atoms with van der Waals surface area (Å²) in [7, 11) is 1.85. The van der Waals surface area contributed by atoms with Gasteiger partial charge in [0, 0.05) is 32.1 Å². The maximum absolute atomic E-state index is 12.7. The van der Waals surface area contributed by atoms with Crippen LogP contribution >= 0.6 is 0 Å². The summed E-state index contributed by atoms with van der Waals surface area (Å²) < 4.78 is 17.9. The molecule has 4 N–H and O–H groups in total. The molecule has 0 saturated heterocycles. The largest absolute Gasteiger partial charge is 0.481 e. The first kappa shape index (κ1) is 34.8. The van der Waals surface area contributed by atoms with E-state index in [1.54, 1.807) is 37.6 Å². The highest BCUT2D eigenvalue weighted by Gasteiger charge is 2.27. The molecule has 13 heteroatoms. The van der Waals surface area contributed by atoms with Crippen LogP contribution in [0.4, 0.5) is 15.3 Å². The lowest BCUT2D eigenvalue weighted by Crippen LogP contribution is -2.37. The smallest absolute Gasteiger partial charge is 0.411 e. The summed E-state index contributed by atoms with van der Waals surface area (Å²) in [4.78, 5) is 41.2. The topological polar surface area (TPSA) is 153 Å². The predicted molar refractivity (Wildman–Crippen MR) is 164 cm³/mol. The van der Waals surface area contributed by atoms with Gasteiger partial charge in [0.15, 0.2) is 0 Å². The van der Waals surface area contributed by atoms with Crippen molar-refractivity contribution in [1.82, 2.24) is 20.2 Å². The maximum Gasteiger partial charge on any atom is 0.411 e. The number of rotatable bonds is 15. The van der Waals surface area contributed by atoms with E-state index in [2.05, 4.69) is 35.6 Å². The molecule has 12 nitrogen and oxygen atoms in total. The van der Waals surface area contributed by atoms with Crippen molar-refractivity contribution < 1.29 is 33.7 Å². The second kappa shape index (κ2) is 15.7. The third-order valence-electron chi connectivity index (χ3n) is 6.10. The molecule has 0 aliphatic heterocycles. The molecule has 1 heterocycles. The monoisotopic (exact) mass is 605 g/mol. The van der Waals surface area contributed by atoms with Crippen molar-refractivity contribution in [2.45, 2.75) is 84.1 Å². The number of aliphatic carboxylic acids is 1. The number of nitrogens with one attached hydrogen (secondary N) is 3. The number of anilines is 1. The number of nitrogens with zero attached hydrogens (tertiary/aromatic N) is 2. The van der Waals surface area contributed by atoms with Crippen molar-refractivity contribution in [2.24, 2.45) is 0 Å². The van der Waals surface area contributed by atoms with E-state index in [9.17, 15) is 19.5 Å². The number of carboxylic acid groups (broad SMARTS) is 1. The summed E-state index contributed by atoms with van der Waals surface area (Å²) in [5.74, 6) is -0.762. The highest BCUT2D eigenvalue weighted by Crippen LogP contribution is 2.30. The normalized spacial score (nSPS) is 12.5. The van der Waals surface area contributed by atoms with Crippen molar-refractivity contribution in [3.63, 3.8) is 0 Å². The van der Waals surface area contributed by atoms with Crippen LogP contribution in [-0.4, -0.2) is 73.8 Å². The van der Waals surface area contributed by atoms with E-state index in [-0.39, 0.29) is 6.73 Å². The van der Waals surface area contributed by atoms with Gasteiger partial charge in [-0.05, 0) is 70.9 Å². The van der Waals surface area contributed by atoms with Crippen LogP contribution in [0.15, 0.2) is 24.4 Å². The number of carbonyl (C=O) groups is 3. The first-order valence-corrected chi connectivity index (χ1v) is 17.8. The van der Waals surface area contributed by atoms with E-state index < -0.39 is 44.3 Å². The molecule has 1 atom stereocenters. The van der Waals surface area contributed by atoms with Gasteiger partial charge in [0.05, 0.1) is 19.2 Å². The second-order valence-corrected chi connectivity index (χ2v) is 17.9. The Hall–Kier alpha value is -3.42. The van der Waals surface area contributed by atoms with Crippen molar-refractivity contribution in [2.75, 3.05) is 32.6 Å². The molecule has 0 aliphatic carbocycles. The van der Waals surface area contributed by atoms with Crippen molar-refractivity contribution in [3.8, 4) is 11.3 Å². The number of imidazole rings is 1. The summed E-state index contributed by atoms with van der Waals surface area (Å²) >= 11 is 0. The number of ether oxygens (including phenoxy) is 3. The number of alkyl carbamates (subject to hydrolysis) is 1. The summed E-state index contributed by atoms with van der Waals surface area (Å²) in [6.07, 6.45) is 1.62. The van der Waals surface area contributed by atoms with Crippen LogP contribution in [0.1, 0.15) is 51.0 Å². The van der Waals surface area contributed by atoms with Gasteiger partial charge in [0.1, 0.15) is 24.2 Å². The molecule has 1 aromatic heterocycles. The first-order valence-electron chi connectivity index (χ1n) is 14.1. The second-order valence-electron chi connectivity index (χ2n) is 12.3. The van der Waals surface area contributed by atoms with Crippen molar-refractivity contribution >= 4 is 31.9 Å². The van der Waals surface area contributed by atoms with E-state index in [1.807, 2.05) is 19.2 Å². The van der Waals surface area contributed by atoms with Gasteiger partial charge >= 0.3 is 18.2 Å². The molecule has 1 unspecified atom stereocenters. The fourth-order valence-corrected chi connectivity index (χ4v) is 4.82. The Morgan fingerprint density at radius 2 is 1.86 bits per heavy atom. The van der Waals surface area contributed by atoms with Crippen LogP contribution < -0.4 is 16.0 Å². The van der Waals surface area contributed by atoms with Crippen LogP contribution in [0.5, 0.6) is 0 Å². The van der Waals surface area contributed by atoms with Crippen LogP contribution in [0.25, 0.3) is 11.3 Å². The summed E-state index contributed by atoms with van der Waals surface area (Å²) in [6.45, 7) is 13.5. The molecule has 0 bridgehead atoms. The number of carboxylic acids is 1. The minimum atomic E-state index is -1.33. The van der Waals surface area contributed by atoms with Gasteiger partial charge in [-0.3, -0.25) is 10.1 Å². The van der Waals surface area contributed by atoms with Gasteiger partial charge in [0.25, 0.3) is 0 Å². The van der Waals surface area contributed by atoms with Gasteiger partial charge in [-0.25, -0.2) is 14.6 Å². The zero-order chi connectivity index (χ0) is 31.5. The number of amides is 2. The Morgan fingerprint density at radius 3 is 2.45 bits per heavy atom. The molecule has 0 radical (unpaired) electrons. The first-order chi connectivity index (χ1) is 19.6. The molecule has 2 rings (SSSR count). The number of carbonyl (C=O) groups excluding carboxylic acids is 2. The molecule has 234 valence electrons. The van der Waals surface area contributed by atoms with Gasteiger partial charge in [-0.2, -0.15) is 0 Å². The minimum absolute atomic E-state index is 0.135. The standard InChI is InChI=1S/C29H47N5O7Si/c1-29(2,3)41-28(38)33-23(17-25(35)36)26-32-24(18-34(26)19-40-14-15-42(6,7)8)22-12-11-21(31-27(37)39-5)16-20(22)10-9-13-30-4/h11-12,16,18,23,30H,9-10,13-15,17,19H2,1-8H3,(H,31,37)(H,33,38)(H,35,36). The van der Waals surface area contributed by atoms with Crippen molar-refractivity contribution in [1.29, 1.82) is 0 Å². The van der Waals surface area contributed by atoms with E-state index in [4.69, 9.17) is 19.2 Å². The molecule has 2 aromatic rings. The fourth-order valence-electron chi connectivity index (χ4n) is 4.07. The van der Waals surface area contributed by atoms with E-state index in [0.717, 1.165) is 30.1 Å². The Morgan fingerprint density at radius 1 is 1.14 bits per heavy atom. The molecule has 0 aliphatic rings. The number of aryl methyl sites for hydroxylation is 1. The fraction of sp³-hybridized carbons (Fsp3) is 0.586. The quantitative estimate of drug-likeness (QED) is 0.158. The average Bonchev–Trinajstić information content (AvgIpc) is 3.28. The van der Waals surface area contributed by atoms with Gasteiger partial charge < -0.3 is 34.5 Å². The molecule has 0 fully saturated rings. The summed E-state index contributed by atoms with van der Waals surface area (Å²) in [5.41, 5.74) is 2.15. The zero-order valence-corrected chi connectivity index (χ0v) is 27.1. The zero-order valence-electron chi connectivity index (χ0n) is 26.1. The molecular formula is C29H47N5O7Si. The lowest BCUT2D eigenvalue weighted by Gasteiger charge is -2.23.